The van der Waals surface area contributed by atoms with E-state index in [2.05, 4.69) is 38.5 Å². The van der Waals surface area contributed by atoms with Crippen LogP contribution in [-0.2, 0) is 26.0 Å². The first kappa shape index (κ1) is 18.7. The number of aryl methyl sites for hydroxylation is 2. The van der Waals surface area contributed by atoms with E-state index in [0.29, 0.717) is 25.3 Å². The zero-order valence-electron chi connectivity index (χ0n) is 15.5. The summed E-state index contributed by atoms with van der Waals surface area (Å²) in [6, 6.07) is 13.9. The van der Waals surface area contributed by atoms with Crippen LogP contribution in [0.15, 0.2) is 59.3 Å². The Morgan fingerprint density at radius 2 is 2.07 bits per heavy atom. The highest BCUT2D eigenvalue weighted by atomic mass is 79.9. The molecule has 0 saturated heterocycles. The van der Waals surface area contributed by atoms with Gasteiger partial charge in [0.1, 0.15) is 12.4 Å². The smallest absolute Gasteiger partial charge is 0.251 e. The molecule has 1 amide bonds. The van der Waals surface area contributed by atoms with Gasteiger partial charge in [-0.15, -0.1) is 0 Å². The number of nitrogens with one attached hydrogen (secondary N) is 1. The van der Waals surface area contributed by atoms with Crippen molar-refractivity contribution in [1.82, 2.24) is 15.1 Å². The van der Waals surface area contributed by atoms with E-state index < -0.39 is 0 Å². The first-order valence-electron chi connectivity index (χ1n) is 9.47. The third-order valence-electron chi connectivity index (χ3n) is 4.89. The third kappa shape index (κ3) is 4.62. The zero-order valence-corrected chi connectivity index (χ0v) is 17.1. The average Bonchev–Trinajstić information content (AvgIpc) is 3.34. The van der Waals surface area contributed by atoms with Crippen LogP contribution in [0.3, 0.4) is 0 Å². The van der Waals surface area contributed by atoms with Crippen molar-refractivity contribution in [2.75, 3.05) is 6.54 Å². The molecule has 0 bridgehead atoms. The minimum atomic E-state index is -0.0920. The van der Waals surface area contributed by atoms with Crippen LogP contribution in [-0.4, -0.2) is 22.2 Å². The van der Waals surface area contributed by atoms with Crippen molar-refractivity contribution >= 4 is 21.8 Å². The Morgan fingerprint density at radius 1 is 1.18 bits per heavy atom. The van der Waals surface area contributed by atoms with Gasteiger partial charge in [-0.3, -0.25) is 9.48 Å². The minimum absolute atomic E-state index is 0.0920. The molecule has 0 unspecified atom stereocenters. The molecule has 3 aromatic rings. The van der Waals surface area contributed by atoms with Gasteiger partial charge >= 0.3 is 0 Å². The molecule has 1 aliphatic carbocycles. The van der Waals surface area contributed by atoms with Gasteiger partial charge in [-0.1, -0.05) is 18.2 Å². The second-order valence-corrected chi connectivity index (χ2v) is 7.87. The highest BCUT2D eigenvalue weighted by molar-refractivity contribution is 9.10. The Balaban J connectivity index is 1.31. The van der Waals surface area contributed by atoms with Gasteiger partial charge in [-0.2, -0.15) is 5.10 Å². The van der Waals surface area contributed by atoms with Gasteiger partial charge in [0.2, 0.25) is 0 Å². The van der Waals surface area contributed by atoms with Crippen molar-refractivity contribution in [1.29, 1.82) is 0 Å². The van der Waals surface area contributed by atoms with Gasteiger partial charge in [-0.25, -0.2) is 0 Å². The SMILES string of the molecule is O=C(NCCn1cc(Br)cn1)c1cccc(COc2ccc3c(c2)CCC3)c1. The molecular formula is C22H22BrN3O2. The third-order valence-corrected chi connectivity index (χ3v) is 5.30. The summed E-state index contributed by atoms with van der Waals surface area (Å²) in [5.41, 5.74) is 4.45. The van der Waals surface area contributed by atoms with Crippen molar-refractivity contribution in [3.8, 4) is 5.75 Å². The fourth-order valence-electron chi connectivity index (χ4n) is 3.45. The van der Waals surface area contributed by atoms with Crippen LogP contribution in [0.4, 0.5) is 0 Å². The quantitative estimate of drug-likeness (QED) is 0.601. The monoisotopic (exact) mass is 439 g/mol. The summed E-state index contributed by atoms with van der Waals surface area (Å²) in [6.07, 6.45) is 7.14. The first-order valence-corrected chi connectivity index (χ1v) is 10.3. The van der Waals surface area contributed by atoms with Crippen molar-refractivity contribution in [3.63, 3.8) is 0 Å². The zero-order chi connectivity index (χ0) is 19.3. The molecule has 0 radical (unpaired) electrons. The average molecular weight is 440 g/mol. The molecule has 1 heterocycles. The number of fused-ring (bicyclic) bond motifs is 1. The molecule has 0 spiro atoms. The number of aromatic nitrogens is 2. The fourth-order valence-corrected chi connectivity index (χ4v) is 3.78. The van der Waals surface area contributed by atoms with Crippen LogP contribution in [0, 0.1) is 0 Å². The van der Waals surface area contributed by atoms with Gasteiger partial charge in [-0.05, 0) is 76.1 Å². The fraction of sp³-hybridized carbons (Fsp3) is 0.273. The predicted molar refractivity (Wildman–Crippen MR) is 112 cm³/mol. The largest absolute Gasteiger partial charge is 0.489 e. The molecular weight excluding hydrogens is 418 g/mol. The van der Waals surface area contributed by atoms with E-state index in [1.165, 1.54) is 24.0 Å². The number of hydrogen-bond acceptors (Lipinski definition) is 3. The lowest BCUT2D eigenvalue weighted by molar-refractivity contribution is 0.0951. The molecule has 0 atom stereocenters. The van der Waals surface area contributed by atoms with Gasteiger partial charge in [0, 0.05) is 18.3 Å². The Morgan fingerprint density at radius 3 is 2.93 bits per heavy atom. The van der Waals surface area contributed by atoms with Crippen molar-refractivity contribution < 1.29 is 9.53 Å². The summed E-state index contributed by atoms with van der Waals surface area (Å²) >= 11 is 3.36. The van der Waals surface area contributed by atoms with E-state index in [9.17, 15) is 4.79 Å². The molecule has 2 aromatic carbocycles. The molecule has 1 aromatic heterocycles. The molecule has 0 fully saturated rings. The van der Waals surface area contributed by atoms with Crippen LogP contribution >= 0.6 is 15.9 Å². The van der Waals surface area contributed by atoms with Crippen LogP contribution in [0.25, 0.3) is 0 Å². The second-order valence-electron chi connectivity index (χ2n) is 6.95. The lowest BCUT2D eigenvalue weighted by Crippen LogP contribution is -2.27. The summed E-state index contributed by atoms with van der Waals surface area (Å²) in [6.45, 7) is 1.59. The van der Waals surface area contributed by atoms with Crippen LogP contribution < -0.4 is 10.1 Å². The molecule has 5 nitrogen and oxygen atoms in total. The van der Waals surface area contributed by atoms with Crippen LogP contribution in [0.2, 0.25) is 0 Å². The Kier molecular flexibility index (Phi) is 5.76. The van der Waals surface area contributed by atoms with Crippen molar-refractivity contribution in [2.24, 2.45) is 0 Å². The number of benzene rings is 2. The van der Waals surface area contributed by atoms with Gasteiger partial charge < -0.3 is 10.1 Å². The molecule has 1 aliphatic rings. The summed E-state index contributed by atoms with van der Waals surface area (Å²) in [5, 5.41) is 7.11. The lowest BCUT2D eigenvalue weighted by atomic mass is 10.1. The highest BCUT2D eigenvalue weighted by Gasteiger charge is 2.11. The Hall–Kier alpha value is -2.60. The summed E-state index contributed by atoms with van der Waals surface area (Å²) in [4.78, 5) is 12.4. The van der Waals surface area contributed by atoms with Gasteiger partial charge in [0.05, 0.1) is 17.2 Å². The van der Waals surface area contributed by atoms with Gasteiger partial charge in [0.25, 0.3) is 5.91 Å². The molecule has 4 rings (SSSR count). The molecule has 28 heavy (non-hydrogen) atoms. The van der Waals surface area contributed by atoms with Crippen molar-refractivity contribution in [2.45, 2.75) is 32.4 Å². The van der Waals surface area contributed by atoms with Crippen LogP contribution in [0.1, 0.15) is 33.5 Å². The maximum atomic E-state index is 12.4. The summed E-state index contributed by atoms with van der Waals surface area (Å²) < 4.78 is 8.65. The minimum Gasteiger partial charge on any atom is -0.489 e. The normalized spacial score (nSPS) is 12.6. The van der Waals surface area contributed by atoms with E-state index in [4.69, 9.17) is 4.74 Å². The number of rotatable bonds is 7. The standard InChI is InChI=1S/C22H22BrN3O2/c23-20-13-25-26(14-20)10-9-24-22(27)19-6-1-3-16(11-19)15-28-21-8-7-17-4-2-5-18(17)12-21/h1,3,6-8,11-14H,2,4-5,9-10,15H2,(H,24,27). The molecule has 1 N–H and O–H groups in total. The van der Waals surface area contributed by atoms with E-state index in [0.717, 1.165) is 22.2 Å². The number of amides is 1. The Bertz CT molecular complexity index is 983. The predicted octanol–water partition coefficient (Wildman–Crippen LogP) is 4.14. The summed E-state index contributed by atoms with van der Waals surface area (Å²) in [5.74, 6) is 0.798. The summed E-state index contributed by atoms with van der Waals surface area (Å²) in [7, 11) is 0. The highest BCUT2D eigenvalue weighted by Crippen LogP contribution is 2.26. The maximum Gasteiger partial charge on any atom is 0.251 e. The molecule has 144 valence electrons. The van der Waals surface area contributed by atoms with E-state index in [1.54, 1.807) is 10.9 Å². The number of carbonyl (C=O) groups is 1. The second kappa shape index (κ2) is 8.61. The maximum absolute atomic E-state index is 12.4. The van der Waals surface area contributed by atoms with E-state index in [1.807, 2.05) is 36.5 Å². The number of ether oxygens (including phenoxy) is 1. The molecule has 6 heteroatoms. The van der Waals surface area contributed by atoms with Crippen LogP contribution in [0.5, 0.6) is 5.75 Å². The first-order chi connectivity index (χ1) is 13.7. The number of carbonyl (C=O) groups excluding carboxylic acids is 1. The number of nitrogens with zero attached hydrogens (tertiary/aromatic N) is 2. The number of halogens is 1. The topological polar surface area (TPSA) is 56.2 Å². The van der Waals surface area contributed by atoms with Gasteiger partial charge in [0.15, 0.2) is 0 Å². The molecule has 0 aliphatic heterocycles. The number of hydrogen-bond donors (Lipinski definition) is 1. The van der Waals surface area contributed by atoms with E-state index >= 15 is 0 Å². The molecule has 0 saturated carbocycles. The Labute approximate surface area is 172 Å². The lowest BCUT2D eigenvalue weighted by Gasteiger charge is -2.10. The van der Waals surface area contributed by atoms with Crippen molar-refractivity contribution in [3.05, 3.63) is 81.6 Å². The van der Waals surface area contributed by atoms with E-state index in [-0.39, 0.29) is 5.91 Å².